The molecule has 3 heteroatoms. The lowest BCUT2D eigenvalue weighted by Gasteiger charge is -2.07. The number of rotatable bonds is 6. The smallest absolute Gasteiger partial charge is 0.119 e. The molecule has 2 nitrogen and oxygen atoms in total. The number of ether oxygens (including phenoxy) is 1. The van der Waals surface area contributed by atoms with E-state index >= 15 is 0 Å². The van der Waals surface area contributed by atoms with Gasteiger partial charge in [0.15, 0.2) is 0 Å². The Labute approximate surface area is 114 Å². The SMILES string of the molecule is CC(C)CSCCOc1ccc(C#CCN)cc1. The molecule has 18 heavy (non-hydrogen) atoms. The molecule has 0 spiro atoms. The molecule has 0 aromatic heterocycles. The maximum absolute atomic E-state index is 5.65. The van der Waals surface area contributed by atoms with Gasteiger partial charge in [0.25, 0.3) is 0 Å². The maximum atomic E-state index is 5.65. The Morgan fingerprint density at radius 2 is 2.00 bits per heavy atom. The van der Waals surface area contributed by atoms with E-state index in [1.54, 1.807) is 0 Å². The quantitative estimate of drug-likeness (QED) is 0.633. The van der Waals surface area contributed by atoms with Gasteiger partial charge >= 0.3 is 0 Å². The van der Waals surface area contributed by atoms with Crippen LogP contribution in [0.25, 0.3) is 0 Å². The summed E-state index contributed by atoms with van der Waals surface area (Å²) in [6.45, 7) is 5.61. The van der Waals surface area contributed by atoms with E-state index in [-0.39, 0.29) is 0 Å². The number of benzene rings is 1. The van der Waals surface area contributed by atoms with Gasteiger partial charge in [0.1, 0.15) is 5.75 Å². The highest BCUT2D eigenvalue weighted by Crippen LogP contribution is 2.13. The van der Waals surface area contributed by atoms with Gasteiger partial charge in [0.05, 0.1) is 13.2 Å². The summed E-state index contributed by atoms with van der Waals surface area (Å²) in [6, 6.07) is 7.82. The third-order valence-electron chi connectivity index (χ3n) is 2.14. The molecule has 0 atom stereocenters. The van der Waals surface area contributed by atoms with Crippen LogP contribution >= 0.6 is 11.8 Å². The Morgan fingerprint density at radius 1 is 1.28 bits per heavy atom. The first-order valence-corrected chi connectivity index (χ1v) is 7.37. The van der Waals surface area contributed by atoms with Crippen molar-refractivity contribution in [2.45, 2.75) is 13.8 Å². The molecule has 1 aromatic carbocycles. The van der Waals surface area contributed by atoms with Gasteiger partial charge in [-0.05, 0) is 35.9 Å². The van der Waals surface area contributed by atoms with E-state index in [1.807, 2.05) is 36.0 Å². The fraction of sp³-hybridized carbons (Fsp3) is 0.467. The van der Waals surface area contributed by atoms with Crippen LogP contribution in [0.3, 0.4) is 0 Å². The average molecular weight is 263 g/mol. The fourth-order valence-electron chi connectivity index (χ4n) is 1.33. The molecular formula is C15H21NOS. The topological polar surface area (TPSA) is 35.2 Å². The van der Waals surface area contributed by atoms with Crippen molar-refractivity contribution in [3.05, 3.63) is 29.8 Å². The molecule has 0 aliphatic carbocycles. The van der Waals surface area contributed by atoms with Crippen LogP contribution in [0, 0.1) is 17.8 Å². The minimum absolute atomic E-state index is 0.394. The third kappa shape index (κ3) is 6.58. The zero-order chi connectivity index (χ0) is 13.2. The van der Waals surface area contributed by atoms with E-state index in [9.17, 15) is 0 Å². The molecular weight excluding hydrogens is 242 g/mol. The van der Waals surface area contributed by atoms with Crippen LogP contribution in [0.5, 0.6) is 5.75 Å². The van der Waals surface area contributed by atoms with Crippen LogP contribution < -0.4 is 10.5 Å². The second-order valence-electron chi connectivity index (χ2n) is 4.35. The molecule has 1 aromatic rings. The van der Waals surface area contributed by atoms with Gasteiger partial charge in [-0.25, -0.2) is 0 Å². The number of nitrogens with two attached hydrogens (primary N) is 1. The molecule has 0 unspecified atom stereocenters. The molecule has 0 radical (unpaired) electrons. The first-order chi connectivity index (χ1) is 8.72. The second kappa shape index (κ2) is 8.91. The standard InChI is InChI=1S/C15H21NOS/c1-13(2)12-18-11-10-17-15-7-5-14(6-8-15)4-3-9-16/h5-8,13H,9-12,16H2,1-2H3. The van der Waals surface area contributed by atoms with Crippen LogP contribution in [0.15, 0.2) is 24.3 Å². The van der Waals surface area contributed by atoms with Crippen molar-refractivity contribution in [2.75, 3.05) is 24.7 Å². The van der Waals surface area contributed by atoms with Crippen LogP contribution in [-0.2, 0) is 0 Å². The largest absolute Gasteiger partial charge is 0.493 e. The predicted molar refractivity (Wildman–Crippen MR) is 80.0 cm³/mol. The normalized spacial score (nSPS) is 10.0. The van der Waals surface area contributed by atoms with E-state index in [1.165, 1.54) is 5.75 Å². The molecule has 1 rings (SSSR count). The van der Waals surface area contributed by atoms with E-state index in [0.29, 0.717) is 6.54 Å². The number of hydrogen-bond acceptors (Lipinski definition) is 3. The Balaban J connectivity index is 2.27. The number of thioether (sulfide) groups is 1. The Bertz CT molecular complexity index is 389. The lowest BCUT2D eigenvalue weighted by Crippen LogP contribution is -2.02. The van der Waals surface area contributed by atoms with Crippen molar-refractivity contribution < 1.29 is 4.74 Å². The van der Waals surface area contributed by atoms with E-state index in [0.717, 1.165) is 29.6 Å². The average Bonchev–Trinajstić information content (AvgIpc) is 2.37. The van der Waals surface area contributed by atoms with Crippen LogP contribution in [0.4, 0.5) is 0 Å². The molecule has 0 aliphatic rings. The molecule has 0 saturated heterocycles. The van der Waals surface area contributed by atoms with Gasteiger partial charge in [0.2, 0.25) is 0 Å². The first-order valence-electron chi connectivity index (χ1n) is 6.22. The summed E-state index contributed by atoms with van der Waals surface area (Å²) in [5.74, 6) is 9.69. The zero-order valence-corrected chi connectivity index (χ0v) is 11.9. The van der Waals surface area contributed by atoms with Gasteiger partial charge in [-0.1, -0.05) is 25.7 Å². The summed E-state index contributed by atoms with van der Waals surface area (Å²) in [7, 11) is 0. The summed E-state index contributed by atoms with van der Waals surface area (Å²) in [4.78, 5) is 0. The second-order valence-corrected chi connectivity index (χ2v) is 5.50. The fourth-order valence-corrected chi connectivity index (χ4v) is 2.16. The van der Waals surface area contributed by atoms with Crippen LogP contribution in [-0.4, -0.2) is 24.7 Å². The Morgan fingerprint density at radius 3 is 2.61 bits per heavy atom. The van der Waals surface area contributed by atoms with Gasteiger partial charge in [-0.2, -0.15) is 11.8 Å². The maximum Gasteiger partial charge on any atom is 0.119 e. The molecule has 0 aliphatic heterocycles. The van der Waals surface area contributed by atoms with Crippen molar-refractivity contribution in [1.29, 1.82) is 0 Å². The van der Waals surface area contributed by atoms with Gasteiger partial charge in [-0.3, -0.25) is 0 Å². The van der Waals surface area contributed by atoms with Gasteiger partial charge in [0, 0.05) is 11.3 Å². The van der Waals surface area contributed by atoms with E-state index in [4.69, 9.17) is 10.5 Å². The lowest BCUT2D eigenvalue weighted by molar-refractivity contribution is 0.344. The molecule has 2 N–H and O–H groups in total. The third-order valence-corrected chi connectivity index (χ3v) is 3.49. The highest BCUT2D eigenvalue weighted by Gasteiger charge is 1.96. The summed E-state index contributed by atoms with van der Waals surface area (Å²) in [5.41, 5.74) is 6.30. The number of hydrogen-bond donors (Lipinski definition) is 1. The minimum atomic E-state index is 0.394. The highest BCUT2D eigenvalue weighted by atomic mass is 32.2. The monoisotopic (exact) mass is 263 g/mol. The van der Waals surface area contributed by atoms with Gasteiger partial charge < -0.3 is 10.5 Å². The zero-order valence-electron chi connectivity index (χ0n) is 11.1. The Hall–Kier alpha value is -1.11. The predicted octanol–water partition coefficient (Wildman–Crippen LogP) is 2.76. The lowest BCUT2D eigenvalue weighted by atomic mass is 10.2. The first kappa shape index (κ1) is 14.9. The van der Waals surface area contributed by atoms with Crippen molar-refractivity contribution in [3.63, 3.8) is 0 Å². The summed E-state index contributed by atoms with van der Waals surface area (Å²) in [6.07, 6.45) is 0. The molecule has 0 fully saturated rings. The van der Waals surface area contributed by atoms with Crippen LogP contribution in [0.2, 0.25) is 0 Å². The minimum Gasteiger partial charge on any atom is -0.493 e. The van der Waals surface area contributed by atoms with E-state index in [2.05, 4.69) is 25.7 Å². The van der Waals surface area contributed by atoms with Crippen molar-refractivity contribution in [1.82, 2.24) is 0 Å². The highest BCUT2D eigenvalue weighted by molar-refractivity contribution is 7.99. The van der Waals surface area contributed by atoms with Crippen LogP contribution in [0.1, 0.15) is 19.4 Å². The molecule has 0 heterocycles. The summed E-state index contributed by atoms with van der Waals surface area (Å²) < 4.78 is 5.65. The molecule has 0 saturated carbocycles. The summed E-state index contributed by atoms with van der Waals surface area (Å²) >= 11 is 1.93. The molecule has 0 bridgehead atoms. The molecule has 98 valence electrons. The van der Waals surface area contributed by atoms with Crippen molar-refractivity contribution in [3.8, 4) is 17.6 Å². The van der Waals surface area contributed by atoms with Crippen molar-refractivity contribution >= 4 is 11.8 Å². The van der Waals surface area contributed by atoms with Gasteiger partial charge in [-0.15, -0.1) is 0 Å². The Kier molecular flexibility index (Phi) is 7.40. The summed E-state index contributed by atoms with van der Waals surface area (Å²) in [5, 5.41) is 0. The van der Waals surface area contributed by atoms with E-state index < -0.39 is 0 Å². The van der Waals surface area contributed by atoms with Crippen molar-refractivity contribution in [2.24, 2.45) is 11.7 Å². The molecule has 0 amide bonds.